The first-order chi connectivity index (χ1) is 13.4. The summed E-state index contributed by atoms with van der Waals surface area (Å²) in [5.74, 6) is -0.194. The summed E-state index contributed by atoms with van der Waals surface area (Å²) in [6.45, 7) is 3.13. The molecule has 0 aliphatic carbocycles. The maximum atomic E-state index is 12.9. The molecule has 28 heavy (non-hydrogen) atoms. The van der Waals surface area contributed by atoms with E-state index in [1.165, 1.54) is 31.2 Å². The Labute approximate surface area is 158 Å². The van der Waals surface area contributed by atoms with Gasteiger partial charge in [0.05, 0.1) is 6.42 Å². The average molecular weight is 388 g/mol. The van der Waals surface area contributed by atoms with Crippen molar-refractivity contribution in [3.63, 3.8) is 0 Å². The fraction of sp³-hybridized carbons (Fsp3) is 0.278. The van der Waals surface area contributed by atoms with Gasteiger partial charge < -0.3 is 19.1 Å². The van der Waals surface area contributed by atoms with Crippen LogP contribution in [0.4, 0.5) is 10.2 Å². The number of hydrogen-bond donors (Lipinski definition) is 1. The average Bonchev–Trinajstić information content (AvgIpc) is 3.29. The van der Waals surface area contributed by atoms with Crippen LogP contribution in [0.2, 0.25) is 0 Å². The molecule has 3 aromatic rings. The van der Waals surface area contributed by atoms with Gasteiger partial charge in [0.25, 0.3) is 5.91 Å². The highest BCUT2D eigenvalue weighted by atomic mass is 19.1. The monoisotopic (exact) mass is 388 g/mol. The number of aromatic nitrogens is 3. The fourth-order valence-corrected chi connectivity index (χ4v) is 2.24. The van der Waals surface area contributed by atoms with Crippen LogP contribution >= 0.6 is 0 Å². The van der Waals surface area contributed by atoms with Crippen molar-refractivity contribution < 1.29 is 27.8 Å². The van der Waals surface area contributed by atoms with Crippen molar-refractivity contribution in [1.82, 2.24) is 15.3 Å². The molecule has 146 valence electrons. The van der Waals surface area contributed by atoms with Crippen LogP contribution in [0.25, 0.3) is 11.4 Å². The summed E-state index contributed by atoms with van der Waals surface area (Å²) >= 11 is 0. The minimum atomic E-state index is -1.01. The summed E-state index contributed by atoms with van der Waals surface area (Å²) in [4.78, 5) is 28.1. The fourth-order valence-electron chi connectivity index (χ4n) is 2.24. The van der Waals surface area contributed by atoms with Gasteiger partial charge in [-0.15, -0.1) is 0 Å². The van der Waals surface area contributed by atoms with Crippen molar-refractivity contribution in [2.24, 2.45) is 0 Å². The van der Waals surface area contributed by atoms with E-state index in [1.54, 1.807) is 13.0 Å². The molecular formula is C18H17FN4O5. The second-order valence-electron chi connectivity index (χ2n) is 5.96. The van der Waals surface area contributed by atoms with E-state index in [0.717, 1.165) is 0 Å². The number of carbonyl (C=O) groups is 2. The molecule has 1 N–H and O–H groups in total. The Morgan fingerprint density at radius 2 is 1.96 bits per heavy atom. The predicted molar refractivity (Wildman–Crippen MR) is 93.4 cm³/mol. The van der Waals surface area contributed by atoms with E-state index >= 15 is 0 Å². The van der Waals surface area contributed by atoms with Crippen LogP contribution in [-0.4, -0.2) is 33.3 Å². The predicted octanol–water partition coefficient (Wildman–Crippen LogP) is 2.68. The quantitative estimate of drug-likeness (QED) is 0.613. The molecular weight excluding hydrogens is 371 g/mol. The topological polar surface area (TPSA) is 120 Å². The molecule has 2 heterocycles. The van der Waals surface area contributed by atoms with Crippen LogP contribution < -0.4 is 5.32 Å². The molecule has 1 atom stereocenters. The molecule has 0 bridgehead atoms. The van der Waals surface area contributed by atoms with Gasteiger partial charge in [-0.2, -0.15) is 4.98 Å². The van der Waals surface area contributed by atoms with Crippen LogP contribution in [0.15, 0.2) is 39.4 Å². The Kier molecular flexibility index (Phi) is 5.78. The summed E-state index contributed by atoms with van der Waals surface area (Å²) in [7, 11) is 0. The van der Waals surface area contributed by atoms with Crippen molar-refractivity contribution in [3.8, 4) is 11.4 Å². The first-order valence-electron chi connectivity index (χ1n) is 8.43. The standard InChI is InChI=1S/C18H17FN4O5/c1-10-9-14(22-27-10)20-18(25)11(2)26-16(24)8-7-15-21-17(23-28-15)12-3-5-13(19)6-4-12/h3-6,9,11H,7-8H2,1-2H3,(H,20,22,25). The highest BCUT2D eigenvalue weighted by Crippen LogP contribution is 2.17. The second-order valence-corrected chi connectivity index (χ2v) is 5.96. The summed E-state index contributed by atoms with van der Waals surface area (Å²) < 4.78 is 27.9. The zero-order valence-corrected chi connectivity index (χ0v) is 15.1. The van der Waals surface area contributed by atoms with Crippen LogP contribution in [0.5, 0.6) is 0 Å². The van der Waals surface area contributed by atoms with Crippen molar-refractivity contribution in [2.45, 2.75) is 32.8 Å². The molecule has 9 nitrogen and oxygen atoms in total. The molecule has 0 spiro atoms. The number of nitrogens with one attached hydrogen (secondary N) is 1. The first-order valence-corrected chi connectivity index (χ1v) is 8.43. The summed E-state index contributed by atoms with van der Waals surface area (Å²) in [6.07, 6.45) is -0.919. The molecule has 0 radical (unpaired) electrons. The lowest BCUT2D eigenvalue weighted by atomic mass is 10.2. The molecule has 0 saturated heterocycles. The third-order valence-electron chi connectivity index (χ3n) is 3.67. The summed E-state index contributed by atoms with van der Waals surface area (Å²) in [5, 5.41) is 9.90. The lowest BCUT2D eigenvalue weighted by molar-refractivity contribution is -0.153. The lowest BCUT2D eigenvalue weighted by Gasteiger charge is -2.11. The van der Waals surface area contributed by atoms with E-state index in [9.17, 15) is 14.0 Å². The number of nitrogens with zero attached hydrogens (tertiary/aromatic N) is 3. The Hall–Kier alpha value is -3.56. The van der Waals surface area contributed by atoms with Gasteiger partial charge in [-0.05, 0) is 38.1 Å². The summed E-state index contributed by atoms with van der Waals surface area (Å²) in [5.41, 5.74) is 0.590. The van der Waals surface area contributed by atoms with E-state index in [1.807, 2.05) is 0 Å². The smallest absolute Gasteiger partial charge is 0.307 e. The Bertz CT molecular complexity index is 967. The van der Waals surface area contributed by atoms with Crippen LogP contribution in [0.3, 0.4) is 0 Å². The molecule has 1 amide bonds. The number of ether oxygens (including phenoxy) is 1. The Morgan fingerprint density at radius 1 is 1.21 bits per heavy atom. The molecule has 0 aliphatic rings. The van der Waals surface area contributed by atoms with E-state index in [4.69, 9.17) is 13.8 Å². The number of benzene rings is 1. The molecule has 1 unspecified atom stereocenters. The number of amides is 1. The molecule has 0 aliphatic heterocycles. The number of halogens is 1. The molecule has 0 fully saturated rings. The Balaban J connectivity index is 1.47. The van der Waals surface area contributed by atoms with Crippen molar-refractivity contribution in [1.29, 1.82) is 0 Å². The summed E-state index contributed by atoms with van der Waals surface area (Å²) in [6, 6.07) is 7.16. The number of carbonyl (C=O) groups excluding carboxylic acids is 2. The van der Waals surface area contributed by atoms with Crippen molar-refractivity contribution in [2.75, 3.05) is 5.32 Å². The van der Waals surface area contributed by atoms with Gasteiger partial charge in [0.1, 0.15) is 11.6 Å². The number of hydrogen-bond acceptors (Lipinski definition) is 8. The minimum absolute atomic E-state index is 0.0499. The van der Waals surface area contributed by atoms with Crippen molar-refractivity contribution >= 4 is 17.7 Å². The highest BCUT2D eigenvalue weighted by Gasteiger charge is 2.20. The third-order valence-corrected chi connectivity index (χ3v) is 3.67. The Morgan fingerprint density at radius 3 is 2.64 bits per heavy atom. The second kappa shape index (κ2) is 8.42. The largest absolute Gasteiger partial charge is 0.453 e. The zero-order chi connectivity index (χ0) is 20.1. The van der Waals surface area contributed by atoms with Gasteiger partial charge in [0.15, 0.2) is 11.9 Å². The van der Waals surface area contributed by atoms with E-state index in [-0.39, 0.29) is 30.4 Å². The molecule has 1 aromatic carbocycles. The molecule has 2 aromatic heterocycles. The lowest BCUT2D eigenvalue weighted by Crippen LogP contribution is -2.30. The maximum Gasteiger partial charge on any atom is 0.307 e. The number of rotatable bonds is 7. The van der Waals surface area contributed by atoms with Gasteiger partial charge in [-0.25, -0.2) is 4.39 Å². The zero-order valence-electron chi connectivity index (χ0n) is 15.1. The van der Waals surface area contributed by atoms with Gasteiger partial charge in [0.2, 0.25) is 11.7 Å². The third kappa shape index (κ3) is 5.00. The SMILES string of the molecule is Cc1cc(NC(=O)C(C)OC(=O)CCc2nc(-c3ccc(F)cc3)no2)no1. The van der Waals surface area contributed by atoms with Crippen LogP contribution in [-0.2, 0) is 20.7 Å². The molecule has 3 rings (SSSR count). The van der Waals surface area contributed by atoms with E-state index < -0.39 is 18.0 Å². The van der Waals surface area contributed by atoms with Gasteiger partial charge in [0, 0.05) is 18.1 Å². The number of esters is 1. The number of aryl methyl sites for hydroxylation is 2. The molecule has 10 heteroatoms. The normalized spacial score (nSPS) is 11.8. The highest BCUT2D eigenvalue weighted by molar-refractivity contribution is 5.94. The molecule has 0 saturated carbocycles. The van der Waals surface area contributed by atoms with Gasteiger partial charge in [-0.1, -0.05) is 10.3 Å². The van der Waals surface area contributed by atoms with Crippen molar-refractivity contribution in [3.05, 3.63) is 47.8 Å². The van der Waals surface area contributed by atoms with Gasteiger partial charge >= 0.3 is 5.97 Å². The van der Waals surface area contributed by atoms with Crippen LogP contribution in [0, 0.1) is 12.7 Å². The van der Waals surface area contributed by atoms with Crippen LogP contribution in [0.1, 0.15) is 25.0 Å². The van der Waals surface area contributed by atoms with E-state index in [2.05, 4.69) is 20.6 Å². The van der Waals surface area contributed by atoms with Gasteiger partial charge in [-0.3, -0.25) is 9.59 Å². The number of anilines is 1. The maximum absolute atomic E-state index is 12.9. The van der Waals surface area contributed by atoms with E-state index in [0.29, 0.717) is 17.1 Å². The first kappa shape index (κ1) is 19.2. The minimum Gasteiger partial charge on any atom is -0.453 e.